The molecule has 0 radical (unpaired) electrons. The van der Waals surface area contributed by atoms with Gasteiger partial charge in [-0.25, -0.2) is 13.6 Å². The fourth-order valence-electron chi connectivity index (χ4n) is 3.37. The molecule has 19 heavy (non-hydrogen) atoms. The second-order valence-corrected chi connectivity index (χ2v) is 7.05. The molecule has 2 fully saturated rings. The Hall–Kier alpha value is -0.870. The number of nitrogens with zero attached hydrogens (tertiary/aromatic N) is 1. The normalized spacial score (nSPS) is 33.1. The van der Waals surface area contributed by atoms with Crippen LogP contribution in [0.1, 0.15) is 41.0 Å². The van der Waals surface area contributed by atoms with Crippen LogP contribution < -0.4 is 0 Å². The van der Waals surface area contributed by atoms with Gasteiger partial charge in [0.2, 0.25) is 0 Å². The van der Waals surface area contributed by atoms with Gasteiger partial charge < -0.3 is 9.64 Å². The summed E-state index contributed by atoms with van der Waals surface area (Å²) in [6.07, 6.45) is -0.116. The van der Waals surface area contributed by atoms with E-state index in [4.69, 9.17) is 4.74 Å². The van der Waals surface area contributed by atoms with Crippen molar-refractivity contribution >= 4 is 6.09 Å². The van der Waals surface area contributed by atoms with E-state index in [-0.39, 0.29) is 12.5 Å². The standard InChI is InChI=1S/C14H23F2NO2/c1-9(2)13-6-7-17(8-10(13)14(13,15)16)11(18)19-12(3,4)5/h9-10H,6-8H2,1-5H3. The highest BCUT2D eigenvalue weighted by molar-refractivity contribution is 5.68. The number of fused-ring (bicyclic) bond motifs is 1. The summed E-state index contributed by atoms with van der Waals surface area (Å²) in [7, 11) is 0. The molecule has 1 saturated heterocycles. The third-order valence-electron chi connectivity index (χ3n) is 4.48. The molecule has 3 nitrogen and oxygen atoms in total. The molecule has 1 aliphatic heterocycles. The number of carbonyl (C=O) groups is 1. The van der Waals surface area contributed by atoms with Gasteiger partial charge in [-0.3, -0.25) is 0 Å². The Morgan fingerprint density at radius 3 is 2.37 bits per heavy atom. The molecule has 1 heterocycles. The van der Waals surface area contributed by atoms with E-state index in [1.165, 1.54) is 4.90 Å². The van der Waals surface area contributed by atoms with Crippen molar-refractivity contribution in [3.63, 3.8) is 0 Å². The first-order valence-electron chi connectivity index (χ1n) is 6.88. The van der Waals surface area contributed by atoms with Crippen LogP contribution in [0.2, 0.25) is 0 Å². The SMILES string of the molecule is CC(C)C12CCN(C(=O)OC(C)(C)C)CC1C2(F)F. The minimum absolute atomic E-state index is 0.0618. The number of halogens is 2. The van der Waals surface area contributed by atoms with Crippen molar-refractivity contribution in [3.8, 4) is 0 Å². The molecular weight excluding hydrogens is 252 g/mol. The zero-order chi connectivity index (χ0) is 14.6. The quantitative estimate of drug-likeness (QED) is 0.732. The smallest absolute Gasteiger partial charge is 0.410 e. The third kappa shape index (κ3) is 2.11. The number of rotatable bonds is 1. The molecule has 0 N–H and O–H groups in total. The van der Waals surface area contributed by atoms with Crippen LogP contribution in [0.3, 0.4) is 0 Å². The predicted molar refractivity (Wildman–Crippen MR) is 68.1 cm³/mol. The van der Waals surface area contributed by atoms with Gasteiger partial charge in [-0.1, -0.05) is 13.8 Å². The number of amides is 1. The lowest BCUT2D eigenvalue weighted by Crippen LogP contribution is -2.43. The van der Waals surface area contributed by atoms with E-state index < -0.39 is 28.9 Å². The van der Waals surface area contributed by atoms with Crippen LogP contribution in [0.15, 0.2) is 0 Å². The minimum atomic E-state index is -2.64. The first-order chi connectivity index (χ1) is 8.52. The third-order valence-corrected chi connectivity index (χ3v) is 4.48. The molecule has 0 aromatic heterocycles. The number of likely N-dealkylation sites (tertiary alicyclic amines) is 1. The van der Waals surface area contributed by atoms with E-state index in [9.17, 15) is 13.6 Å². The van der Waals surface area contributed by atoms with Crippen molar-refractivity contribution in [3.05, 3.63) is 0 Å². The molecule has 1 saturated carbocycles. The second kappa shape index (κ2) is 4.06. The van der Waals surface area contributed by atoms with E-state index in [2.05, 4.69) is 0 Å². The summed E-state index contributed by atoms with van der Waals surface area (Å²) in [6, 6.07) is 0. The number of hydrogen-bond donors (Lipinski definition) is 0. The van der Waals surface area contributed by atoms with Crippen LogP contribution >= 0.6 is 0 Å². The largest absolute Gasteiger partial charge is 0.444 e. The predicted octanol–water partition coefficient (Wildman–Crippen LogP) is 3.53. The zero-order valence-corrected chi connectivity index (χ0v) is 12.3. The Morgan fingerprint density at radius 1 is 1.37 bits per heavy atom. The average Bonchev–Trinajstić information content (AvgIpc) is 2.74. The van der Waals surface area contributed by atoms with Gasteiger partial charge in [0.25, 0.3) is 5.92 Å². The molecule has 0 aromatic carbocycles. The minimum Gasteiger partial charge on any atom is -0.444 e. The maximum Gasteiger partial charge on any atom is 0.410 e. The molecule has 2 rings (SSSR count). The van der Waals surface area contributed by atoms with Crippen molar-refractivity contribution in [1.82, 2.24) is 4.90 Å². The molecule has 5 heteroatoms. The van der Waals surface area contributed by atoms with Gasteiger partial charge in [0.15, 0.2) is 0 Å². The Labute approximate surface area is 113 Å². The lowest BCUT2D eigenvalue weighted by atomic mass is 9.84. The molecular formula is C14H23F2NO2. The second-order valence-electron chi connectivity index (χ2n) is 7.05. The van der Waals surface area contributed by atoms with Crippen LogP contribution in [-0.2, 0) is 4.74 Å². The number of ether oxygens (including phenoxy) is 1. The first-order valence-corrected chi connectivity index (χ1v) is 6.88. The molecule has 0 spiro atoms. The molecule has 110 valence electrons. The molecule has 2 atom stereocenters. The van der Waals surface area contributed by atoms with Gasteiger partial charge in [0.05, 0.1) is 5.92 Å². The van der Waals surface area contributed by atoms with Gasteiger partial charge >= 0.3 is 6.09 Å². The van der Waals surface area contributed by atoms with Crippen LogP contribution in [-0.4, -0.2) is 35.6 Å². The van der Waals surface area contributed by atoms with Gasteiger partial charge in [0, 0.05) is 18.5 Å². The van der Waals surface area contributed by atoms with Crippen molar-refractivity contribution in [2.75, 3.05) is 13.1 Å². The van der Waals surface area contributed by atoms with Crippen LogP contribution in [0.25, 0.3) is 0 Å². The summed E-state index contributed by atoms with van der Waals surface area (Å²) in [5, 5.41) is 0. The van der Waals surface area contributed by atoms with Gasteiger partial charge in [-0.05, 0) is 33.1 Å². The molecule has 0 aromatic rings. The van der Waals surface area contributed by atoms with E-state index >= 15 is 0 Å². The Kier molecular flexibility index (Phi) is 3.11. The topological polar surface area (TPSA) is 29.5 Å². The summed E-state index contributed by atoms with van der Waals surface area (Å²) < 4.78 is 33.3. The van der Waals surface area contributed by atoms with E-state index in [0.717, 1.165) is 0 Å². The van der Waals surface area contributed by atoms with Crippen molar-refractivity contribution < 1.29 is 18.3 Å². The highest BCUT2D eigenvalue weighted by atomic mass is 19.3. The fraction of sp³-hybridized carbons (Fsp3) is 0.929. The molecule has 1 aliphatic carbocycles. The summed E-state index contributed by atoms with van der Waals surface area (Å²) in [4.78, 5) is 13.3. The van der Waals surface area contributed by atoms with Gasteiger partial charge in [0.1, 0.15) is 5.60 Å². The Morgan fingerprint density at radius 2 is 1.95 bits per heavy atom. The Bertz CT molecular complexity index is 389. The molecule has 2 aliphatic rings. The first kappa shape index (κ1) is 14.5. The van der Waals surface area contributed by atoms with Crippen molar-refractivity contribution in [2.45, 2.75) is 52.6 Å². The summed E-state index contributed by atoms with van der Waals surface area (Å²) >= 11 is 0. The zero-order valence-electron chi connectivity index (χ0n) is 12.3. The van der Waals surface area contributed by atoms with Crippen molar-refractivity contribution in [1.29, 1.82) is 0 Å². The molecule has 0 bridgehead atoms. The maximum absolute atomic E-state index is 14.0. The maximum atomic E-state index is 14.0. The summed E-state index contributed by atoms with van der Waals surface area (Å²) in [5.41, 5.74) is -1.48. The van der Waals surface area contributed by atoms with Crippen LogP contribution in [0.4, 0.5) is 13.6 Å². The van der Waals surface area contributed by atoms with E-state index in [1.807, 2.05) is 13.8 Å². The van der Waals surface area contributed by atoms with Crippen LogP contribution in [0, 0.1) is 17.3 Å². The highest BCUT2D eigenvalue weighted by Crippen LogP contribution is 2.72. The van der Waals surface area contributed by atoms with Crippen LogP contribution in [0.5, 0.6) is 0 Å². The van der Waals surface area contributed by atoms with E-state index in [0.29, 0.717) is 13.0 Å². The van der Waals surface area contributed by atoms with Gasteiger partial charge in [-0.2, -0.15) is 0 Å². The Balaban J connectivity index is 2.04. The lowest BCUT2D eigenvalue weighted by Gasteiger charge is -2.33. The molecule has 1 amide bonds. The van der Waals surface area contributed by atoms with E-state index in [1.54, 1.807) is 20.8 Å². The highest BCUT2D eigenvalue weighted by Gasteiger charge is 2.82. The lowest BCUT2D eigenvalue weighted by molar-refractivity contribution is 0.0144. The summed E-state index contributed by atoms with van der Waals surface area (Å²) in [5.74, 6) is -3.41. The fourth-order valence-corrected chi connectivity index (χ4v) is 3.37. The number of hydrogen-bond acceptors (Lipinski definition) is 2. The number of alkyl halides is 2. The monoisotopic (exact) mass is 275 g/mol. The molecule has 2 unspecified atom stereocenters. The number of carbonyl (C=O) groups excluding carboxylic acids is 1. The number of piperidine rings is 1. The summed E-state index contributed by atoms with van der Waals surface area (Å²) in [6.45, 7) is 9.49. The van der Waals surface area contributed by atoms with Crippen molar-refractivity contribution in [2.24, 2.45) is 17.3 Å². The average molecular weight is 275 g/mol. The van der Waals surface area contributed by atoms with Gasteiger partial charge in [-0.15, -0.1) is 0 Å².